The molecule has 37 heavy (non-hydrogen) atoms. The highest BCUT2D eigenvalue weighted by molar-refractivity contribution is 6.42. The van der Waals surface area contributed by atoms with Gasteiger partial charge < -0.3 is 20.9 Å². The number of hydrogen-bond donors (Lipinski definition) is 3. The fraction of sp³-hybridized carbons (Fsp3) is 0.385. The molecule has 2 aliphatic rings. The lowest BCUT2D eigenvalue weighted by Crippen LogP contribution is -2.50. The van der Waals surface area contributed by atoms with Crippen molar-refractivity contribution in [1.82, 2.24) is 14.7 Å². The Labute approximate surface area is 226 Å². The molecule has 1 atom stereocenters. The summed E-state index contributed by atoms with van der Waals surface area (Å²) in [4.78, 5) is 36.0. The summed E-state index contributed by atoms with van der Waals surface area (Å²) in [6, 6.07) is 11.6. The third-order valence-corrected chi connectivity index (χ3v) is 7.30. The summed E-state index contributed by atoms with van der Waals surface area (Å²) in [5.74, 6) is -0.170. The summed E-state index contributed by atoms with van der Waals surface area (Å²) in [7, 11) is 2.04. The van der Waals surface area contributed by atoms with E-state index in [-0.39, 0.29) is 18.0 Å². The molecule has 4 N–H and O–H groups in total. The van der Waals surface area contributed by atoms with Gasteiger partial charge in [0, 0.05) is 67.0 Å². The minimum Gasteiger partial charge on any atom is -0.386 e. The summed E-state index contributed by atoms with van der Waals surface area (Å²) in [6.45, 7) is 4.70. The summed E-state index contributed by atoms with van der Waals surface area (Å²) in [6.07, 6.45) is 0.0966. The van der Waals surface area contributed by atoms with Gasteiger partial charge in [-0.05, 0) is 55.1 Å². The third kappa shape index (κ3) is 6.87. The van der Waals surface area contributed by atoms with E-state index in [0.29, 0.717) is 59.9 Å². The second-order valence-electron chi connectivity index (χ2n) is 9.34. The molecule has 9 nitrogen and oxygen atoms in total. The molecule has 2 aliphatic heterocycles. The lowest BCUT2D eigenvalue weighted by Gasteiger charge is -2.34. The highest BCUT2D eigenvalue weighted by atomic mass is 35.5. The van der Waals surface area contributed by atoms with E-state index in [1.807, 2.05) is 11.9 Å². The van der Waals surface area contributed by atoms with E-state index in [1.165, 1.54) is 0 Å². The highest BCUT2D eigenvalue weighted by Gasteiger charge is 2.29. The number of nitrogens with one attached hydrogen (secondary N) is 2. The van der Waals surface area contributed by atoms with Crippen molar-refractivity contribution in [2.75, 3.05) is 51.6 Å². The van der Waals surface area contributed by atoms with E-state index in [9.17, 15) is 9.59 Å². The summed E-state index contributed by atoms with van der Waals surface area (Å²) in [5, 5.41) is 12.3. The Bertz CT molecular complexity index is 1190. The van der Waals surface area contributed by atoms with Gasteiger partial charge >= 0.3 is 0 Å². The minimum atomic E-state index is -0.530. The Morgan fingerprint density at radius 2 is 1.78 bits per heavy atom. The zero-order chi connectivity index (χ0) is 26.5. The number of aliphatic imine (C=N–C) groups is 1. The van der Waals surface area contributed by atoms with Gasteiger partial charge in [0.05, 0.1) is 18.3 Å². The van der Waals surface area contributed by atoms with E-state index >= 15 is 0 Å². The molecule has 0 aliphatic carbocycles. The molecule has 0 radical (unpaired) electrons. The molecular formula is C26H31Cl2N7O2. The number of amides is 2. The van der Waals surface area contributed by atoms with E-state index in [0.717, 1.165) is 18.7 Å². The molecule has 11 heteroatoms. The quantitative estimate of drug-likeness (QED) is 0.464. The van der Waals surface area contributed by atoms with Gasteiger partial charge in [0.2, 0.25) is 0 Å². The number of carbonyl (C=O) groups is 2. The average molecular weight is 544 g/mol. The Balaban J connectivity index is 1.36. The molecule has 0 aromatic heterocycles. The monoisotopic (exact) mass is 543 g/mol. The third-order valence-electron chi connectivity index (χ3n) is 6.70. The molecule has 0 saturated carbocycles. The zero-order valence-corrected chi connectivity index (χ0v) is 22.2. The van der Waals surface area contributed by atoms with Gasteiger partial charge in [-0.25, -0.2) is 0 Å². The molecule has 0 bridgehead atoms. The summed E-state index contributed by atoms with van der Waals surface area (Å²) >= 11 is 12.5. The number of anilines is 1. The van der Waals surface area contributed by atoms with Crippen LogP contribution in [0.15, 0.2) is 47.5 Å². The second-order valence-corrected chi connectivity index (χ2v) is 10.2. The molecule has 2 aromatic carbocycles. The van der Waals surface area contributed by atoms with Gasteiger partial charge in [0.1, 0.15) is 5.84 Å². The second kappa shape index (κ2) is 12.0. The van der Waals surface area contributed by atoms with Crippen LogP contribution in [0.2, 0.25) is 10.0 Å². The number of nitrogens with two attached hydrogens (primary N) is 1. The number of piperazine rings is 1. The first-order valence-corrected chi connectivity index (χ1v) is 12.9. The topological polar surface area (TPSA) is 118 Å². The van der Waals surface area contributed by atoms with Crippen LogP contribution in [-0.4, -0.2) is 90.4 Å². The number of rotatable bonds is 7. The Hall–Kier alpha value is -2.98. The predicted molar refractivity (Wildman–Crippen MR) is 148 cm³/mol. The van der Waals surface area contributed by atoms with Crippen molar-refractivity contribution in [1.29, 1.82) is 5.41 Å². The number of benzene rings is 2. The van der Waals surface area contributed by atoms with Gasteiger partial charge in [-0.1, -0.05) is 23.2 Å². The number of nitrogens with zero attached hydrogens (tertiary/aromatic N) is 4. The van der Waals surface area contributed by atoms with E-state index in [4.69, 9.17) is 34.3 Å². The summed E-state index contributed by atoms with van der Waals surface area (Å²) < 4.78 is 0. The fourth-order valence-electron chi connectivity index (χ4n) is 4.44. The fourth-order valence-corrected chi connectivity index (χ4v) is 4.81. The number of likely N-dealkylation sites (N-methyl/N-ethyl adjacent to an activating group) is 1. The van der Waals surface area contributed by atoms with Crippen molar-refractivity contribution in [3.05, 3.63) is 63.6 Å². The van der Waals surface area contributed by atoms with E-state index in [1.54, 1.807) is 42.5 Å². The SMILES string of the molecule is CN1CCN(C(=O)c2ccc(NC(=O)C(=N)CC3C(N)=NCCN3Cc3cc(Cl)ccc3Cl)cc2)CC1. The van der Waals surface area contributed by atoms with Crippen LogP contribution < -0.4 is 11.1 Å². The first-order chi connectivity index (χ1) is 17.7. The van der Waals surface area contributed by atoms with Gasteiger partial charge in [-0.3, -0.25) is 24.9 Å². The molecule has 1 unspecified atom stereocenters. The van der Waals surface area contributed by atoms with Crippen LogP contribution in [0.3, 0.4) is 0 Å². The Morgan fingerprint density at radius 3 is 2.49 bits per heavy atom. The van der Waals surface area contributed by atoms with E-state index in [2.05, 4.69) is 20.1 Å². The van der Waals surface area contributed by atoms with Crippen molar-refractivity contribution in [2.24, 2.45) is 10.7 Å². The van der Waals surface area contributed by atoms with Crippen molar-refractivity contribution in [2.45, 2.75) is 19.0 Å². The maximum Gasteiger partial charge on any atom is 0.269 e. The van der Waals surface area contributed by atoms with Gasteiger partial charge in [0.25, 0.3) is 11.8 Å². The molecule has 2 aromatic rings. The van der Waals surface area contributed by atoms with Crippen molar-refractivity contribution in [3.63, 3.8) is 0 Å². The predicted octanol–water partition coefficient (Wildman–Crippen LogP) is 2.97. The molecule has 0 spiro atoms. The molecule has 4 rings (SSSR count). The van der Waals surface area contributed by atoms with E-state index < -0.39 is 11.9 Å². The van der Waals surface area contributed by atoms with Crippen LogP contribution in [0.1, 0.15) is 22.3 Å². The van der Waals surface area contributed by atoms with Crippen molar-refractivity contribution >= 4 is 52.3 Å². The van der Waals surface area contributed by atoms with Crippen molar-refractivity contribution < 1.29 is 9.59 Å². The van der Waals surface area contributed by atoms with Crippen LogP contribution in [0.25, 0.3) is 0 Å². The van der Waals surface area contributed by atoms with Crippen LogP contribution in [-0.2, 0) is 11.3 Å². The van der Waals surface area contributed by atoms with Gasteiger partial charge in [0.15, 0.2) is 0 Å². The maximum atomic E-state index is 12.8. The lowest BCUT2D eigenvalue weighted by molar-refractivity contribution is -0.110. The minimum absolute atomic E-state index is 0.0225. The average Bonchev–Trinajstić information content (AvgIpc) is 2.88. The Morgan fingerprint density at radius 1 is 1.08 bits per heavy atom. The molecular weight excluding hydrogens is 513 g/mol. The molecule has 1 fully saturated rings. The number of amidine groups is 1. The van der Waals surface area contributed by atoms with Gasteiger partial charge in [-0.2, -0.15) is 0 Å². The number of halogens is 2. The first-order valence-electron chi connectivity index (χ1n) is 12.2. The van der Waals surface area contributed by atoms with Crippen LogP contribution in [0.4, 0.5) is 5.69 Å². The first kappa shape index (κ1) is 27.1. The highest BCUT2D eigenvalue weighted by Crippen LogP contribution is 2.24. The standard InChI is InChI=1S/C26H31Cl2N7O2/c1-33-10-12-34(13-11-33)26(37)17-2-5-20(6-3-17)32-25(36)22(29)15-23-24(30)31-8-9-35(23)16-18-14-19(27)4-7-21(18)28/h2-7,14,23,29H,8-13,15-16H2,1H3,(H2,30,31)(H,32,36). The smallest absolute Gasteiger partial charge is 0.269 e. The maximum absolute atomic E-state index is 12.8. The molecule has 2 amide bonds. The largest absolute Gasteiger partial charge is 0.386 e. The summed E-state index contributed by atoms with van der Waals surface area (Å²) in [5.41, 5.74) is 7.99. The Kier molecular flexibility index (Phi) is 8.81. The van der Waals surface area contributed by atoms with Crippen LogP contribution in [0.5, 0.6) is 0 Å². The normalized spacial score (nSPS) is 18.8. The van der Waals surface area contributed by atoms with Crippen molar-refractivity contribution in [3.8, 4) is 0 Å². The number of hydrogen-bond acceptors (Lipinski definition) is 7. The van der Waals surface area contributed by atoms with Crippen LogP contribution >= 0.6 is 23.2 Å². The zero-order valence-electron chi connectivity index (χ0n) is 20.7. The lowest BCUT2D eigenvalue weighted by atomic mass is 10.0. The number of carbonyl (C=O) groups excluding carboxylic acids is 2. The molecule has 1 saturated heterocycles. The molecule has 2 heterocycles. The molecule has 196 valence electrons. The van der Waals surface area contributed by atoms with Gasteiger partial charge in [-0.15, -0.1) is 0 Å². The van der Waals surface area contributed by atoms with Crippen LogP contribution in [0, 0.1) is 5.41 Å².